The van der Waals surface area contributed by atoms with Gasteiger partial charge in [0.05, 0.1) is 18.0 Å². The zero-order valence-corrected chi connectivity index (χ0v) is 27.3. The Labute approximate surface area is 261 Å². The monoisotopic (exact) mass is 656 g/mol. The largest absolute Gasteiger partial charge is 0.462 e. The lowest BCUT2D eigenvalue weighted by Gasteiger charge is -2.25. The summed E-state index contributed by atoms with van der Waals surface area (Å²) in [5.74, 6) is -0.868. The minimum Gasteiger partial charge on any atom is -0.462 e. The van der Waals surface area contributed by atoms with Gasteiger partial charge >= 0.3 is 19.4 Å². The van der Waals surface area contributed by atoms with Crippen molar-refractivity contribution < 1.29 is 37.4 Å². The van der Waals surface area contributed by atoms with E-state index in [1.54, 1.807) is 44.2 Å². The average Bonchev–Trinajstić information content (AvgIpc) is 3.24. The van der Waals surface area contributed by atoms with Crippen LogP contribution in [0.5, 0.6) is 5.75 Å². The summed E-state index contributed by atoms with van der Waals surface area (Å²) in [5, 5.41) is 13.8. The quantitative estimate of drug-likeness (QED) is 0.168. The molecular weight excluding hydrogens is 614 g/mol. The Morgan fingerprint density at radius 2 is 1.80 bits per heavy atom. The molecule has 244 valence electrons. The van der Waals surface area contributed by atoms with Crippen molar-refractivity contribution in [3.63, 3.8) is 0 Å². The van der Waals surface area contributed by atoms with Crippen LogP contribution in [-0.2, 0) is 23.4 Å². The Kier molecular flexibility index (Phi) is 13.4. The Hall–Kier alpha value is -2.77. The second-order valence-electron chi connectivity index (χ2n) is 10.8. The van der Waals surface area contributed by atoms with E-state index in [0.717, 1.165) is 29.2 Å². The maximum atomic E-state index is 15.3. The first-order valence-electron chi connectivity index (χ1n) is 14.7. The molecule has 2 aromatic rings. The molecule has 1 aromatic heterocycles. The minimum atomic E-state index is -4.25. The number of esters is 1. The fourth-order valence-electron chi connectivity index (χ4n) is 4.58. The summed E-state index contributed by atoms with van der Waals surface area (Å²) < 4.78 is 46.5. The van der Waals surface area contributed by atoms with Crippen LogP contribution in [-0.4, -0.2) is 62.8 Å². The van der Waals surface area contributed by atoms with Crippen molar-refractivity contribution in [3.8, 4) is 5.75 Å². The highest BCUT2D eigenvalue weighted by atomic mass is 32.2. The van der Waals surface area contributed by atoms with E-state index in [4.69, 9.17) is 13.8 Å². The van der Waals surface area contributed by atoms with Crippen LogP contribution in [0.15, 0.2) is 47.4 Å². The molecule has 0 radical (unpaired) electrons. The third kappa shape index (κ3) is 9.87. The molecule has 0 aliphatic carbocycles. The van der Waals surface area contributed by atoms with Gasteiger partial charge in [0.1, 0.15) is 29.1 Å². The highest BCUT2D eigenvalue weighted by Gasteiger charge is 2.46. The number of aliphatic hydroxyl groups is 1. The second kappa shape index (κ2) is 16.5. The third-order valence-corrected chi connectivity index (χ3v) is 9.90. The Morgan fingerprint density at radius 1 is 1.14 bits per heavy atom. The van der Waals surface area contributed by atoms with E-state index in [1.165, 1.54) is 19.2 Å². The van der Waals surface area contributed by atoms with Crippen LogP contribution in [0, 0.1) is 5.92 Å². The van der Waals surface area contributed by atoms with Crippen LogP contribution in [0.4, 0.5) is 10.2 Å². The van der Waals surface area contributed by atoms with Gasteiger partial charge in [0.15, 0.2) is 6.17 Å². The first kappa shape index (κ1) is 35.7. The lowest BCUT2D eigenvalue weighted by molar-refractivity contribution is -0.149. The predicted molar refractivity (Wildman–Crippen MR) is 166 cm³/mol. The number of anilines is 1. The van der Waals surface area contributed by atoms with Gasteiger partial charge in [-0.1, -0.05) is 44.9 Å². The third-order valence-electron chi connectivity index (χ3n) is 6.73. The topological polar surface area (TPSA) is 158 Å². The van der Waals surface area contributed by atoms with Gasteiger partial charge in [0, 0.05) is 12.1 Å². The number of para-hydroxylation sites is 1. The van der Waals surface area contributed by atoms with Crippen molar-refractivity contribution in [3.05, 3.63) is 53.1 Å². The summed E-state index contributed by atoms with van der Waals surface area (Å²) in [6.07, 6.45) is 0.512. The molecule has 0 saturated carbocycles. The molecule has 1 saturated heterocycles. The standard InChI is InChI=1S/C29H42FN4O8PS/c1-6-11-20(12-7-2)26(36)31-23-15-16-34(29(38)32-23)27-24(30)25(35)22(44-27)17-40-43(39,42-21-13-9-8-10-14-21)33-19(5)28(37)41-18(3)4/h8-10,13-16,18-20,22,24-25,27,35H,6-7,11-12,17H2,1-5H3,(H,33,39)(H,31,32,36,38)/t19-,22+,24-,25+,27+,43?/m0/s1. The number of rotatable bonds is 16. The van der Waals surface area contributed by atoms with Gasteiger partial charge in [-0.25, -0.2) is 13.8 Å². The van der Waals surface area contributed by atoms with Crippen molar-refractivity contribution in [2.75, 3.05) is 11.9 Å². The number of aliphatic hydroxyl groups excluding tert-OH is 1. The number of thioether (sulfide) groups is 1. The van der Waals surface area contributed by atoms with Gasteiger partial charge in [-0.05, 0) is 51.8 Å². The Balaban J connectivity index is 1.72. The van der Waals surface area contributed by atoms with Crippen molar-refractivity contribution in [2.24, 2.45) is 5.92 Å². The lowest BCUT2D eigenvalue weighted by atomic mass is 9.97. The first-order chi connectivity index (χ1) is 20.9. The number of hydrogen-bond acceptors (Lipinski definition) is 10. The molecule has 3 N–H and O–H groups in total. The maximum Gasteiger partial charge on any atom is 0.459 e. The number of nitrogens with one attached hydrogen (secondary N) is 2. The number of carbonyl (C=O) groups is 2. The molecule has 1 aliphatic heterocycles. The first-order valence-corrected chi connectivity index (χ1v) is 17.2. The number of ether oxygens (including phenoxy) is 1. The summed E-state index contributed by atoms with van der Waals surface area (Å²) in [4.78, 5) is 41.8. The normalized spacial score (nSPS) is 22.0. The van der Waals surface area contributed by atoms with Gasteiger partial charge in [0.25, 0.3) is 0 Å². The molecule has 6 atom stereocenters. The Morgan fingerprint density at radius 3 is 2.39 bits per heavy atom. The number of alkyl halides is 1. The molecule has 15 heteroatoms. The second-order valence-corrected chi connectivity index (χ2v) is 13.9. The average molecular weight is 657 g/mol. The van der Waals surface area contributed by atoms with Crippen LogP contribution in [0.25, 0.3) is 0 Å². The molecule has 1 fully saturated rings. The molecule has 3 rings (SSSR count). The van der Waals surface area contributed by atoms with Gasteiger partial charge in [-0.15, -0.1) is 11.8 Å². The highest BCUT2D eigenvalue weighted by molar-refractivity contribution is 8.00. The number of halogens is 1. The molecule has 44 heavy (non-hydrogen) atoms. The van der Waals surface area contributed by atoms with Gasteiger partial charge < -0.3 is 19.7 Å². The predicted octanol–water partition coefficient (Wildman–Crippen LogP) is 4.84. The van der Waals surface area contributed by atoms with Crippen molar-refractivity contribution in [2.45, 2.75) is 95.3 Å². The Bertz CT molecular complexity index is 1340. The molecule has 1 unspecified atom stereocenters. The van der Waals surface area contributed by atoms with Crippen molar-refractivity contribution in [1.29, 1.82) is 0 Å². The molecule has 0 bridgehead atoms. The van der Waals surface area contributed by atoms with Crippen molar-refractivity contribution >= 4 is 37.2 Å². The van der Waals surface area contributed by atoms with Gasteiger partial charge in [-0.3, -0.25) is 18.7 Å². The van der Waals surface area contributed by atoms with E-state index in [0.29, 0.717) is 12.8 Å². The fraction of sp³-hybridized carbons (Fsp3) is 0.586. The summed E-state index contributed by atoms with van der Waals surface area (Å²) in [6, 6.07) is 8.44. The number of aromatic nitrogens is 2. The van der Waals surface area contributed by atoms with E-state index in [1.807, 2.05) is 13.8 Å². The summed E-state index contributed by atoms with van der Waals surface area (Å²) in [7, 11) is -4.25. The van der Waals surface area contributed by atoms with E-state index in [2.05, 4.69) is 15.4 Å². The molecule has 0 spiro atoms. The SMILES string of the molecule is CCCC(CCC)C(=O)Nc1ccn([C@@H]2S[C@H](COP(=O)(N[C@@H](C)C(=O)OC(C)C)Oc3ccccc3)[C@@H](O)[C@@H]2F)c(=O)n1. The zero-order chi connectivity index (χ0) is 32.4. The zero-order valence-electron chi connectivity index (χ0n) is 25.6. The van der Waals surface area contributed by atoms with Crippen LogP contribution >= 0.6 is 19.5 Å². The number of hydrogen-bond donors (Lipinski definition) is 3. The fourth-order valence-corrected chi connectivity index (χ4v) is 7.61. The lowest BCUT2D eigenvalue weighted by Crippen LogP contribution is -2.37. The molecule has 2 heterocycles. The van der Waals surface area contributed by atoms with Crippen LogP contribution in [0.1, 0.15) is 65.7 Å². The smallest absolute Gasteiger partial charge is 0.459 e. The summed E-state index contributed by atoms with van der Waals surface area (Å²) in [6.45, 7) is 8.31. The highest BCUT2D eigenvalue weighted by Crippen LogP contribution is 2.49. The minimum absolute atomic E-state index is 0.0579. The molecule has 1 amide bonds. The summed E-state index contributed by atoms with van der Waals surface area (Å²) in [5.41, 5.74) is -0.809. The summed E-state index contributed by atoms with van der Waals surface area (Å²) >= 11 is 0.902. The number of carbonyl (C=O) groups excluding carboxylic acids is 2. The van der Waals surface area contributed by atoms with Gasteiger partial charge in [0.2, 0.25) is 5.91 Å². The van der Waals surface area contributed by atoms with E-state index in [-0.39, 0.29) is 23.4 Å². The van der Waals surface area contributed by atoms with Crippen LogP contribution in [0.3, 0.4) is 0 Å². The number of nitrogens with zero attached hydrogens (tertiary/aromatic N) is 2. The van der Waals surface area contributed by atoms with Crippen LogP contribution in [0.2, 0.25) is 0 Å². The van der Waals surface area contributed by atoms with Crippen molar-refractivity contribution in [1.82, 2.24) is 14.6 Å². The molecule has 12 nitrogen and oxygen atoms in total. The molecular formula is C29H42FN4O8PS. The van der Waals surface area contributed by atoms with E-state index >= 15 is 4.39 Å². The van der Waals surface area contributed by atoms with Gasteiger partial charge in [-0.2, -0.15) is 10.1 Å². The van der Waals surface area contributed by atoms with E-state index < -0.39 is 61.1 Å². The van der Waals surface area contributed by atoms with E-state index in [9.17, 15) is 24.1 Å². The number of benzene rings is 1. The van der Waals surface area contributed by atoms with Crippen LogP contribution < -0.4 is 20.6 Å². The molecule has 1 aromatic carbocycles. The number of amides is 1. The molecule has 1 aliphatic rings. The maximum absolute atomic E-state index is 15.3.